The summed E-state index contributed by atoms with van der Waals surface area (Å²) in [6.45, 7) is 5.57. The van der Waals surface area contributed by atoms with Crippen LogP contribution in [0.4, 0.5) is 8.78 Å². The minimum atomic E-state index is -1.28. The van der Waals surface area contributed by atoms with Crippen molar-refractivity contribution < 1.29 is 13.5 Å². The molecule has 3 nitrogen and oxygen atoms in total. The number of aryl methyl sites for hydroxylation is 2. The highest BCUT2D eigenvalue weighted by Gasteiger charge is 2.18. The molecule has 0 unspecified atom stereocenters. The number of aromatic nitrogens is 2. The van der Waals surface area contributed by atoms with Crippen molar-refractivity contribution in [2.45, 2.75) is 58.9 Å². The van der Waals surface area contributed by atoms with Crippen LogP contribution < -0.4 is 4.74 Å². The van der Waals surface area contributed by atoms with E-state index in [0.717, 1.165) is 18.5 Å². The topological polar surface area (TPSA) is 27.1 Å². The van der Waals surface area contributed by atoms with Crippen LogP contribution in [0.5, 0.6) is 5.88 Å². The van der Waals surface area contributed by atoms with E-state index in [2.05, 4.69) is 12.0 Å². The van der Waals surface area contributed by atoms with Gasteiger partial charge < -0.3 is 4.74 Å². The Bertz CT molecular complexity index is 684. The van der Waals surface area contributed by atoms with E-state index in [1.54, 1.807) is 4.68 Å². The van der Waals surface area contributed by atoms with Gasteiger partial charge in [-0.2, -0.15) is 5.10 Å². The lowest BCUT2D eigenvalue weighted by atomic mass is 10.1. The van der Waals surface area contributed by atoms with E-state index >= 15 is 0 Å². The van der Waals surface area contributed by atoms with E-state index in [1.807, 2.05) is 6.07 Å². The quantitative estimate of drug-likeness (QED) is 0.570. The molecule has 0 saturated carbocycles. The third-order valence-electron chi connectivity index (χ3n) is 3.60. The number of alkyl halides is 1. The fourth-order valence-corrected chi connectivity index (χ4v) is 2.48. The Morgan fingerprint density at radius 3 is 2.64 bits per heavy atom. The Hall–Kier alpha value is -1.33. The van der Waals surface area contributed by atoms with E-state index < -0.39 is 5.67 Å². The van der Waals surface area contributed by atoms with Crippen molar-refractivity contribution in [1.82, 2.24) is 9.78 Å². The number of ether oxygens (including phenoxy) is 1. The third-order valence-corrected chi connectivity index (χ3v) is 3.84. The smallest absolute Gasteiger partial charge is 0.212 e. The molecule has 0 spiro atoms. The molecule has 2 rings (SSSR count). The molecule has 0 aliphatic rings. The highest BCUT2D eigenvalue weighted by Crippen LogP contribution is 2.22. The maximum absolute atomic E-state index is 13.8. The van der Waals surface area contributed by atoms with Gasteiger partial charge in [0.1, 0.15) is 18.1 Å². The van der Waals surface area contributed by atoms with Crippen molar-refractivity contribution in [3.63, 3.8) is 0 Å². The van der Waals surface area contributed by atoms with Crippen LogP contribution in [0.2, 0.25) is 5.02 Å². The predicted molar refractivity (Wildman–Crippen MR) is 99.0 cm³/mol. The summed E-state index contributed by atoms with van der Waals surface area (Å²) in [6.07, 6.45) is 2.09. The van der Waals surface area contributed by atoms with Crippen molar-refractivity contribution in [1.29, 1.82) is 0 Å². The molecule has 0 radical (unpaired) electrons. The van der Waals surface area contributed by atoms with Gasteiger partial charge in [-0.15, -0.1) is 12.4 Å². The number of hydrogen-bond acceptors (Lipinski definition) is 2. The number of halogens is 4. The Labute approximate surface area is 158 Å². The van der Waals surface area contributed by atoms with E-state index in [4.69, 9.17) is 16.3 Å². The first-order valence-corrected chi connectivity index (χ1v) is 8.48. The van der Waals surface area contributed by atoms with Crippen molar-refractivity contribution in [3.8, 4) is 5.88 Å². The maximum Gasteiger partial charge on any atom is 0.212 e. The van der Waals surface area contributed by atoms with Crippen LogP contribution in [0.15, 0.2) is 24.3 Å². The van der Waals surface area contributed by atoms with Gasteiger partial charge in [0.15, 0.2) is 0 Å². The fraction of sp³-hybridized carbons (Fsp3) is 0.500. The Balaban J connectivity index is 0.00000312. The van der Waals surface area contributed by atoms with Crippen LogP contribution in [-0.4, -0.2) is 15.4 Å². The average Bonchev–Trinajstić information content (AvgIpc) is 2.88. The molecule has 0 aliphatic carbocycles. The van der Waals surface area contributed by atoms with Crippen LogP contribution in [-0.2, 0) is 19.6 Å². The fourth-order valence-electron chi connectivity index (χ4n) is 2.28. The SMILES string of the molecule is CCCc1cc(OCc2cc(Cl)ccc2F)n(CCC(C)(C)F)n1.Cl. The van der Waals surface area contributed by atoms with Crippen molar-refractivity contribution >= 4 is 24.0 Å². The van der Waals surface area contributed by atoms with Crippen LogP contribution in [0.25, 0.3) is 0 Å². The normalized spacial score (nSPS) is 11.3. The zero-order valence-corrected chi connectivity index (χ0v) is 16.3. The van der Waals surface area contributed by atoms with Gasteiger partial charge in [0.05, 0.1) is 5.69 Å². The number of benzene rings is 1. The van der Waals surface area contributed by atoms with E-state index in [9.17, 15) is 8.78 Å². The van der Waals surface area contributed by atoms with Gasteiger partial charge in [-0.3, -0.25) is 0 Å². The minimum absolute atomic E-state index is 0. The average molecular weight is 393 g/mol. The summed E-state index contributed by atoms with van der Waals surface area (Å²) >= 11 is 5.89. The van der Waals surface area contributed by atoms with Gasteiger partial charge in [-0.05, 0) is 38.5 Å². The van der Waals surface area contributed by atoms with Crippen LogP contribution in [0, 0.1) is 5.82 Å². The number of hydrogen-bond donors (Lipinski definition) is 0. The lowest BCUT2D eigenvalue weighted by Crippen LogP contribution is -2.17. The van der Waals surface area contributed by atoms with Crippen LogP contribution in [0.3, 0.4) is 0 Å². The molecule has 0 aliphatic heterocycles. The molecule has 2 aromatic rings. The third kappa shape index (κ3) is 6.83. The molecule has 1 aromatic carbocycles. The van der Waals surface area contributed by atoms with Crippen molar-refractivity contribution in [3.05, 3.63) is 46.4 Å². The second-order valence-electron chi connectivity index (χ2n) is 6.44. The molecule has 0 bridgehead atoms. The molecule has 0 saturated heterocycles. The highest BCUT2D eigenvalue weighted by molar-refractivity contribution is 6.30. The van der Waals surface area contributed by atoms with Gasteiger partial charge in [-0.25, -0.2) is 13.5 Å². The van der Waals surface area contributed by atoms with Gasteiger partial charge >= 0.3 is 0 Å². The monoisotopic (exact) mass is 392 g/mol. The lowest BCUT2D eigenvalue weighted by Gasteiger charge is -2.15. The summed E-state index contributed by atoms with van der Waals surface area (Å²) in [5, 5.41) is 4.91. The van der Waals surface area contributed by atoms with Gasteiger partial charge in [0.25, 0.3) is 0 Å². The Morgan fingerprint density at radius 2 is 2.00 bits per heavy atom. The largest absolute Gasteiger partial charge is 0.473 e. The summed E-state index contributed by atoms with van der Waals surface area (Å²) in [5.41, 5.74) is -0.0263. The van der Waals surface area contributed by atoms with E-state index in [0.29, 0.717) is 29.4 Å². The molecule has 25 heavy (non-hydrogen) atoms. The molecule has 7 heteroatoms. The zero-order chi connectivity index (χ0) is 17.7. The molecule has 0 amide bonds. The lowest BCUT2D eigenvalue weighted by molar-refractivity contribution is 0.183. The summed E-state index contributed by atoms with van der Waals surface area (Å²) < 4.78 is 34.9. The van der Waals surface area contributed by atoms with Gasteiger partial charge in [-0.1, -0.05) is 24.9 Å². The molecular weight excluding hydrogens is 369 g/mol. The number of nitrogens with zero attached hydrogens (tertiary/aromatic N) is 2. The minimum Gasteiger partial charge on any atom is -0.473 e. The zero-order valence-electron chi connectivity index (χ0n) is 14.7. The van der Waals surface area contributed by atoms with E-state index in [-0.39, 0.29) is 24.8 Å². The predicted octanol–water partition coefficient (Wildman–Crippen LogP) is 5.77. The number of rotatable bonds is 8. The van der Waals surface area contributed by atoms with Crippen molar-refractivity contribution in [2.24, 2.45) is 0 Å². The first-order chi connectivity index (χ1) is 11.3. The Morgan fingerprint density at radius 1 is 1.28 bits per heavy atom. The first kappa shape index (κ1) is 21.7. The van der Waals surface area contributed by atoms with Gasteiger partial charge in [0.2, 0.25) is 5.88 Å². The standard InChI is InChI=1S/C18H23ClF2N2O.ClH/c1-4-5-15-11-17(23(22-15)9-8-18(2,3)21)24-12-13-10-14(19)6-7-16(13)20;/h6-7,10-11H,4-5,8-9,12H2,1-3H3;1H. The van der Waals surface area contributed by atoms with Crippen molar-refractivity contribution in [2.75, 3.05) is 0 Å². The molecule has 0 fully saturated rings. The Kier molecular flexibility index (Phi) is 8.16. The summed E-state index contributed by atoms with van der Waals surface area (Å²) in [6, 6.07) is 6.17. The van der Waals surface area contributed by atoms with E-state index in [1.165, 1.54) is 32.0 Å². The molecular formula is C18H24Cl2F2N2O. The maximum atomic E-state index is 13.8. The molecule has 140 valence electrons. The second kappa shape index (κ2) is 9.39. The van der Waals surface area contributed by atoms with Crippen LogP contribution >= 0.6 is 24.0 Å². The molecule has 0 N–H and O–H groups in total. The van der Waals surface area contributed by atoms with Crippen LogP contribution in [0.1, 0.15) is 44.9 Å². The highest BCUT2D eigenvalue weighted by atomic mass is 35.5. The first-order valence-electron chi connectivity index (χ1n) is 8.11. The summed E-state index contributed by atoms with van der Waals surface area (Å²) in [5.74, 6) is 0.145. The molecule has 0 atom stereocenters. The summed E-state index contributed by atoms with van der Waals surface area (Å²) in [4.78, 5) is 0. The van der Waals surface area contributed by atoms with Gasteiger partial charge in [0, 0.05) is 29.6 Å². The second-order valence-corrected chi connectivity index (χ2v) is 6.88. The molecule has 1 heterocycles. The summed E-state index contributed by atoms with van der Waals surface area (Å²) in [7, 11) is 0. The molecule has 1 aromatic heterocycles.